The van der Waals surface area contributed by atoms with Crippen LogP contribution in [0.15, 0.2) is 53.4 Å². The lowest BCUT2D eigenvalue weighted by atomic mass is 10.0. The number of hydrogen-bond acceptors (Lipinski definition) is 4. The Morgan fingerprint density at radius 2 is 1.58 bits per heavy atom. The average molecular weight is 387 g/mol. The summed E-state index contributed by atoms with van der Waals surface area (Å²) in [7, 11) is -4.31. The first-order chi connectivity index (χ1) is 12.1. The summed E-state index contributed by atoms with van der Waals surface area (Å²) in [6.45, 7) is -0.329. The summed E-state index contributed by atoms with van der Waals surface area (Å²) in [5, 5.41) is 10.6. The first-order valence-electron chi connectivity index (χ1n) is 7.72. The van der Waals surface area contributed by atoms with Crippen molar-refractivity contribution in [3.05, 3.63) is 59.7 Å². The Balaban J connectivity index is 1.77. The summed E-state index contributed by atoms with van der Waals surface area (Å²) in [5.41, 5.74) is 0.487. The molecule has 140 valence electrons. The maximum absolute atomic E-state index is 12.5. The molecule has 0 bridgehead atoms. The molecule has 5 nitrogen and oxygen atoms in total. The highest BCUT2D eigenvalue weighted by Gasteiger charge is 2.37. The smallest absolute Gasteiger partial charge is 0.404 e. The van der Waals surface area contributed by atoms with Gasteiger partial charge in [0.2, 0.25) is 10.0 Å². The van der Waals surface area contributed by atoms with Gasteiger partial charge in [-0.25, -0.2) is 13.1 Å². The van der Waals surface area contributed by atoms with Crippen LogP contribution in [0.3, 0.4) is 0 Å². The topological polar surface area (TPSA) is 75.6 Å². The predicted octanol–water partition coefficient (Wildman–Crippen LogP) is 2.39. The van der Waals surface area contributed by atoms with Crippen molar-refractivity contribution >= 4 is 10.0 Å². The second kappa shape index (κ2) is 6.57. The lowest BCUT2D eigenvalue weighted by Crippen LogP contribution is -2.43. The summed E-state index contributed by atoms with van der Waals surface area (Å²) in [4.78, 5) is -0.642. The Bertz CT molecular complexity index is 887. The number of rotatable bonds is 5. The zero-order valence-electron chi connectivity index (χ0n) is 13.5. The summed E-state index contributed by atoms with van der Waals surface area (Å²) in [6, 6.07) is 11.8. The van der Waals surface area contributed by atoms with E-state index in [-0.39, 0.29) is 19.4 Å². The average Bonchev–Trinajstić information content (AvgIpc) is 2.89. The molecule has 1 aliphatic carbocycles. The highest BCUT2D eigenvalue weighted by Crippen LogP contribution is 2.31. The molecule has 0 aliphatic heterocycles. The molecule has 0 saturated carbocycles. The van der Waals surface area contributed by atoms with Crippen molar-refractivity contribution in [2.75, 3.05) is 6.54 Å². The van der Waals surface area contributed by atoms with E-state index in [4.69, 9.17) is 0 Å². The van der Waals surface area contributed by atoms with Crippen molar-refractivity contribution in [2.24, 2.45) is 0 Å². The van der Waals surface area contributed by atoms with E-state index in [1.165, 1.54) is 12.1 Å². The van der Waals surface area contributed by atoms with Gasteiger partial charge in [0.05, 0.1) is 5.60 Å². The van der Waals surface area contributed by atoms with Crippen LogP contribution in [-0.2, 0) is 22.9 Å². The third kappa shape index (κ3) is 4.17. The molecule has 1 aliphatic rings. The van der Waals surface area contributed by atoms with Gasteiger partial charge in [0.15, 0.2) is 0 Å². The predicted molar refractivity (Wildman–Crippen MR) is 87.1 cm³/mol. The number of sulfonamides is 1. The molecular formula is C17H16F3NO4S. The molecule has 9 heteroatoms. The monoisotopic (exact) mass is 387 g/mol. The van der Waals surface area contributed by atoms with Gasteiger partial charge in [0.25, 0.3) is 0 Å². The number of benzene rings is 2. The minimum absolute atomic E-state index is 0.256. The summed E-state index contributed by atoms with van der Waals surface area (Å²) < 4.78 is 68.3. The summed E-state index contributed by atoms with van der Waals surface area (Å²) in [6.07, 6.45) is -4.50. The quantitative estimate of drug-likeness (QED) is 0.826. The van der Waals surface area contributed by atoms with Crippen molar-refractivity contribution in [1.82, 2.24) is 4.72 Å². The van der Waals surface area contributed by atoms with Crippen LogP contribution in [0.5, 0.6) is 5.75 Å². The molecule has 2 N–H and O–H groups in total. The molecule has 0 radical (unpaired) electrons. The van der Waals surface area contributed by atoms with Gasteiger partial charge in [-0.3, -0.25) is 0 Å². The fourth-order valence-corrected chi connectivity index (χ4v) is 4.23. The first kappa shape index (κ1) is 18.7. The molecule has 0 heterocycles. The van der Waals surface area contributed by atoms with Gasteiger partial charge < -0.3 is 9.84 Å². The minimum atomic E-state index is -5.02. The normalized spacial score (nSPS) is 16.3. The van der Waals surface area contributed by atoms with Crippen LogP contribution in [0.25, 0.3) is 0 Å². The zero-order chi connectivity index (χ0) is 19.0. The molecular weight excluding hydrogens is 371 g/mol. The molecule has 0 spiro atoms. The van der Waals surface area contributed by atoms with Gasteiger partial charge in [-0.15, -0.1) is 13.2 Å². The van der Waals surface area contributed by atoms with Crippen LogP contribution in [0.2, 0.25) is 0 Å². The van der Waals surface area contributed by atoms with E-state index >= 15 is 0 Å². The van der Waals surface area contributed by atoms with Crippen LogP contribution in [0.4, 0.5) is 13.2 Å². The number of aliphatic hydroxyl groups is 1. The highest BCUT2D eigenvalue weighted by molar-refractivity contribution is 7.89. The van der Waals surface area contributed by atoms with Crippen molar-refractivity contribution < 1.29 is 31.4 Å². The minimum Gasteiger partial charge on any atom is -0.404 e. The van der Waals surface area contributed by atoms with Gasteiger partial charge in [-0.2, -0.15) is 0 Å². The first-order valence-corrected chi connectivity index (χ1v) is 9.20. The molecule has 2 aromatic carbocycles. The molecule has 2 aromatic rings. The Morgan fingerprint density at radius 3 is 2.15 bits per heavy atom. The number of ether oxygens (including phenoxy) is 1. The van der Waals surface area contributed by atoms with E-state index in [0.717, 1.165) is 23.3 Å². The third-order valence-electron chi connectivity index (χ3n) is 4.11. The van der Waals surface area contributed by atoms with Crippen molar-refractivity contribution in [3.8, 4) is 5.75 Å². The number of alkyl halides is 3. The van der Waals surface area contributed by atoms with Crippen molar-refractivity contribution in [1.29, 1.82) is 0 Å². The number of fused-ring (bicyclic) bond motifs is 1. The lowest BCUT2D eigenvalue weighted by molar-refractivity contribution is -0.275. The number of para-hydroxylation sites is 1. The van der Waals surface area contributed by atoms with Crippen molar-refractivity contribution in [2.45, 2.75) is 29.7 Å². The van der Waals surface area contributed by atoms with Crippen LogP contribution in [-0.4, -0.2) is 32.0 Å². The Morgan fingerprint density at radius 1 is 1.04 bits per heavy atom. The second-order valence-corrected chi connectivity index (χ2v) is 7.90. The summed E-state index contributed by atoms with van der Waals surface area (Å²) >= 11 is 0. The van der Waals surface area contributed by atoms with E-state index in [0.29, 0.717) is 0 Å². The Hall–Kier alpha value is -2.10. The molecule has 0 aromatic heterocycles. The molecule has 0 fully saturated rings. The molecule has 0 unspecified atom stereocenters. The fraction of sp³-hybridized carbons (Fsp3) is 0.294. The Kier molecular flexibility index (Phi) is 4.72. The largest absolute Gasteiger partial charge is 0.573 e. The second-order valence-electron chi connectivity index (χ2n) is 6.17. The highest BCUT2D eigenvalue weighted by atomic mass is 32.2. The van der Waals surface area contributed by atoms with Gasteiger partial charge >= 0.3 is 6.36 Å². The number of nitrogens with one attached hydrogen (secondary N) is 1. The van der Waals surface area contributed by atoms with Crippen LogP contribution < -0.4 is 9.46 Å². The van der Waals surface area contributed by atoms with E-state index in [1.807, 2.05) is 24.3 Å². The van der Waals surface area contributed by atoms with Crippen LogP contribution in [0, 0.1) is 0 Å². The van der Waals surface area contributed by atoms with E-state index in [2.05, 4.69) is 9.46 Å². The van der Waals surface area contributed by atoms with Crippen LogP contribution >= 0.6 is 0 Å². The maximum atomic E-state index is 12.5. The molecule has 0 saturated heterocycles. The van der Waals surface area contributed by atoms with E-state index < -0.39 is 32.6 Å². The lowest BCUT2D eigenvalue weighted by Gasteiger charge is -2.23. The molecule has 3 rings (SSSR count). The number of halogens is 3. The molecule has 0 amide bonds. The van der Waals surface area contributed by atoms with Gasteiger partial charge in [-0.05, 0) is 23.3 Å². The standard InChI is InChI=1S/C17H16F3NO4S/c18-17(19,20)25-14-7-3-4-8-15(14)26(23,24)21-11-16(22)9-12-5-1-2-6-13(12)10-16/h1-8,21-22H,9-11H2. The van der Waals surface area contributed by atoms with E-state index in [9.17, 15) is 26.7 Å². The van der Waals surface area contributed by atoms with Gasteiger partial charge in [0, 0.05) is 19.4 Å². The molecule has 0 atom stereocenters. The van der Waals surface area contributed by atoms with Crippen molar-refractivity contribution in [3.63, 3.8) is 0 Å². The van der Waals surface area contributed by atoms with Gasteiger partial charge in [-0.1, -0.05) is 36.4 Å². The maximum Gasteiger partial charge on any atom is 0.573 e. The summed E-state index contributed by atoms with van der Waals surface area (Å²) in [5.74, 6) is -0.825. The zero-order valence-corrected chi connectivity index (χ0v) is 14.3. The Labute approximate surface area is 148 Å². The van der Waals surface area contributed by atoms with Gasteiger partial charge in [0.1, 0.15) is 10.6 Å². The SMILES string of the molecule is O=S(=O)(NCC1(O)Cc2ccccc2C1)c1ccccc1OC(F)(F)F. The molecule has 26 heavy (non-hydrogen) atoms. The fourth-order valence-electron chi connectivity index (χ4n) is 2.99. The third-order valence-corrected chi connectivity index (χ3v) is 5.55. The number of hydrogen-bond donors (Lipinski definition) is 2. The van der Waals surface area contributed by atoms with Crippen LogP contribution in [0.1, 0.15) is 11.1 Å². The van der Waals surface area contributed by atoms with E-state index in [1.54, 1.807) is 0 Å².